The van der Waals surface area contributed by atoms with Crippen LogP contribution in [-0.2, 0) is 14.2 Å². The lowest BCUT2D eigenvalue weighted by Gasteiger charge is -2.31. The molecule has 0 aliphatic carbocycles. The van der Waals surface area contributed by atoms with Gasteiger partial charge >= 0.3 is 0 Å². The zero-order chi connectivity index (χ0) is 15.8. The van der Waals surface area contributed by atoms with Crippen molar-refractivity contribution in [3.8, 4) is 0 Å². The molecule has 2 N–H and O–H groups in total. The van der Waals surface area contributed by atoms with Crippen molar-refractivity contribution in [1.29, 1.82) is 0 Å². The molecule has 0 spiro atoms. The molecular weight excluding hydrogens is 286 g/mol. The van der Waals surface area contributed by atoms with Gasteiger partial charge in [0.15, 0.2) is 11.6 Å². The number of nitrogens with two attached hydrogens (primary N) is 1. The Morgan fingerprint density at radius 1 is 1.18 bits per heavy atom. The smallest absolute Gasteiger partial charge is 0.157 e. The van der Waals surface area contributed by atoms with E-state index in [0.29, 0.717) is 45.2 Å². The van der Waals surface area contributed by atoms with Gasteiger partial charge in [0.25, 0.3) is 0 Å². The summed E-state index contributed by atoms with van der Waals surface area (Å²) < 4.78 is 15.7. The van der Waals surface area contributed by atoms with Crippen LogP contribution in [0.5, 0.6) is 0 Å². The second kappa shape index (κ2) is 8.72. The monoisotopic (exact) mass is 311 g/mol. The maximum absolute atomic E-state index is 6.33. The Kier molecular flexibility index (Phi) is 6.63. The Morgan fingerprint density at radius 3 is 2.41 bits per heavy atom. The number of methoxy groups -OCH3 is 2. The van der Waals surface area contributed by atoms with Gasteiger partial charge in [-0.3, -0.25) is 0 Å². The number of anilines is 3. The molecule has 0 unspecified atom stereocenters. The molecule has 0 amide bonds. The Labute approximate surface area is 131 Å². The molecule has 1 fully saturated rings. The molecule has 2 heterocycles. The molecule has 0 bridgehead atoms. The fraction of sp³-hybridized carbons (Fsp3) is 0.714. The normalized spacial score (nSPS) is 15.1. The van der Waals surface area contributed by atoms with Crippen LogP contribution in [0.2, 0.25) is 0 Å². The summed E-state index contributed by atoms with van der Waals surface area (Å²) in [6.07, 6.45) is 1.56. The lowest BCUT2D eigenvalue weighted by atomic mass is 10.3. The van der Waals surface area contributed by atoms with Gasteiger partial charge in [-0.15, -0.1) is 0 Å². The van der Waals surface area contributed by atoms with Crippen molar-refractivity contribution in [2.75, 3.05) is 82.4 Å². The summed E-state index contributed by atoms with van der Waals surface area (Å²) in [6, 6.07) is 0. The largest absolute Gasteiger partial charge is 0.393 e. The van der Waals surface area contributed by atoms with Crippen LogP contribution >= 0.6 is 0 Å². The Hall–Kier alpha value is -1.64. The lowest BCUT2D eigenvalue weighted by Crippen LogP contribution is -2.38. The van der Waals surface area contributed by atoms with Crippen LogP contribution in [0.1, 0.15) is 0 Å². The van der Waals surface area contributed by atoms with E-state index < -0.39 is 0 Å². The van der Waals surface area contributed by atoms with E-state index in [4.69, 9.17) is 19.9 Å². The number of aromatic nitrogens is 2. The van der Waals surface area contributed by atoms with Gasteiger partial charge in [0, 0.05) is 40.4 Å². The zero-order valence-corrected chi connectivity index (χ0v) is 13.3. The second-order valence-electron chi connectivity index (χ2n) is 5.01. The third kappa shape index (κ3) is 4.19. The van der Waals surface area contributed by atoms with E-state index in [0.717, 1.165) is 24.7 Å². The van der Waals surface area contributed by atoms with Crippen LogP contribution in [0.3, 0.4) is 0 Å². The summed E-state index contributed by atoms with van der Waals surface area (Å²) >= 11 is 0. The first-order valence-corrected chi connectivity index (χ1v) is 7.44. The average Bonchev–Trinajstić information content (AvgIpc) is 2.56. The van der Waals surface area contributed by atoms with Gasteiger partial charge in [-0.05, 0) is 0 Å². The predicted molar refractivity (Wildman–Crippen MR) is 85.4 cm³/mol. The summed E-state index contributed by atoms with van der Waals surface area (Å²) in [5.74, 6) is 1.50. The van der Waals surface area contributed by atoms with E-state index >= 15 is 0 Å². The summed E-state index contributed by atoms with van der Waals surface area (Å²) in [7, 11) is 3.36. The van der Waals surface area contributed by atoms with Crippen molar-refractivity contribution in [2.24, 2.45) is 0 Å². The van der Waals surface area contributed by atoms with Crippen molar-refractivity contribution in [1.82, 2.24) is 9.97 Å². The molecule has 1 aliphatic rings. The predicted octanol–water partition coefficient (Wildman–Crippen LogP) is -0.00540. The first kappa shape index (κ1) is 16.7. The van der Waals surface area contributed by atoms with Crippen LogP contribution < -0.4 is 15.5 Å². The van der Waals surface area contributed by atoms with Crippen molar-refractivity contribution in [3.63, 3.8) is 0 Å². The van der Waals surface area contributed by atoms with Crippen LogP contribution in [0.4, 0.5) is 17.3 Å². The molecule has 0 saturated carbocycles. The van der Waals surface area contributed by atoms with Crippen LogP contribution in [0.25, 0.3) is 0 Å². The highest BCUT2D eigenvalue weighted by atomic mass is 16.5. The summed E-state index contributed by atoms with van der Waals surface area (Å²) in [4.78, 5) is 12.9. The zero-order valence-electron chi connectivity index (χ0n) is 13.3. The highest BCUT2D eigenvalue weighted by Gasteiger charge is 2.20. The molecule has 2 rings (SSSR count). The minimum absolute atomic E-state index is 0.594. The fourth-order valence-electron chi connectivity index (χ4n) is 2.38. The molecule has 1 saturated heterocycles. The summed E-state index contributed by atoms with van der Waals surface area (Å²) in [5, 5.41) is 0. The van der Waals surface area contributed by atoms with Crippen molar-refractivity contribution < 1.29 is 14.2 Å². The second-order valence-corrected chi connectivity index (χ2v) is 5.01. The standard InChI is InChI=1S/C14H25N5O3/c1-20-7-3-18(4-8-21-2)13-12(15)14(17-11-16-13)19-5-9-22-10-6-19/h11H,3-10,15H2,1-2H3. The number of hydrogen-bond acceptors (Lipinski definition) is 8. The number of nitrogen functional groups attached to an aromatic ring is 1. The number of ether oxygens (including phenoxy) is 3. The van der Waals surface area contributed by atoms with Gasteiger partial charge in [0.1, 0.15) is 12.0 Å². The van der Waals surface area contributed by atoms with E-state index in [1.54, 1.807) is 20.5 Å². The Bertz CT molecular complexity index is 446. The third-order valence-corrected chi connectivity index (χ3v) is 3.58. The van der Waals surface area contributed by atoms with E-state index in [1.807, 2.05) is 0 Å². The van der Waals surface area contributed by atoms with Gasteiger partial charge in [-0.25, -0.2) is 9.97 Å². The molecule has 8 nitrogen and oxygen atoms in total. The maximum atomic E-state index is 6.33. The quantitative estimate of drug-likeness (QED) is 0.718. The first-order valence-electron chi connectivity index (χ1n) is 7.44. The maximum Gasteiger partial charge on any atom is 0.157 e. The summed E-state index contributed by atoms with van der Waals surface area (Å²) in [5.41, 5.74) is 6.92. The Balaban J connectivity index is 2.19. The van der Waals surface area contributed by atoms with E-state index in [9.17, 15) is 0 Å². The number of morpholine rings is 1. The minimum Gasteiger partial charge on any atom is -0.393 e. The van der Waals surface area contributed by atoms with Crippen molar-refractivity contribution in [3.05, 3.63) is 6.33 Å². The highest BCUT2D eigenvalue weighted by molar-refractivity contribution is 5.75. The minimum atomic E-state index is 0.594. The van der Waals surface area contributed by atoms with Gasteiger partial charge < -0.3 is 29.7 Å². The molecule has 1 aliphatic heterocycles. The highest BCUT2D eigenvalue weighted by Crippen LogP contribution is 2.29. The molecule has 0 atom stereocenters. The van der Waals surface area contributed by atoms with Gasteiger partial charge in [0.2, 0.25) is 0 Å². The third-order valence-electron chi connectivity index (χ3n) is 3.58. The van der Waals surface area contributed by atoms with Crippen LogP contribution in [-0.4, -0.2) is 76.8 Å². The molecule has 124 valence electrons. The average molecular weight is 311 g/mol. The van der Waals surface area contributed by atoms with Crippen LogP contribution in [0.15, 0.2) is 6.33 Å². The number of rotatable bonds is 8. The van der Waals surface area contributed by atoms with Crippen molar-refractivity contribution >= 4 is 17.3 Å². The fourth-order valence-corrected chi connectivity index (χ4v) is 2.38. The molecule has 22 heavy (non-hydrogen) atoms. The van der Waals surface area contributed by atoms with Gasteiger partial charge in [-0.2, -0.15) is 0 Å². The SMILES string of the molecule is COCCN(CCOC)c1ncnc(N2CCOCC2)c1N. The molecular formula is C14H25N5O3. The molecule has 0 aromatic carbocycles. The lowest BCUT2D eigenvalue weighted by molar-refractivity contribution is 0.122. The molecule has 1 aromatic heterocycles. The summed E-state index contributed by atoms with van der Waals surface area (Å²) in [6.45, 7) is 5.55. The Morgan fingerprint density at radius 2 is 1.82 bits per heavy atom. The van der Waals surface area contributed by atoms with Crippen LogP contribution in [0, 0.1) is 0 Å². The number of nitrogens with zero attached hydrogens (tertiary/aromatic N) is 4. The van der Waals surface area contributed by atoms with Gasteiger partial charge in [-0.1, -0.05) is 0 Å². The van der Waals surface area contributed by atoms with E-state index in [1.165, 1.54) is 0 Å². The van der Waals surface area contributed by atoms with E-state index in [2.05, 4.69) is 19.8 Å². The molecule has 1 aromatic rings. The first-order chi connectivity index (χ1) is 10.8. The molecule has 8 heteroatoms. The number of hydrogen-bond donors (Lipinski definition) is 1. The topological polar surface area (TPSA) is 86.0 Å². The molecule has 0 radical (unpaired) electrons. The van der Waals surface area contributed by atoms with Crippen molar-refractivity contribution in [2.45, 2.75) is 0 Å². The van der Waals surface area contributed by atoms with Gasteiger partial charge in [0.05, 0.1) is 26.4 Å². The van der Waals surface area contributed by atoms with E-state index in [-0.39, 0.29) is 0 Å².